The zero-order chi connectivity index (χ0) is 11.7. The van der Waals surface area contributed by atoms with Crippen LogP contribution in [0.4, 0.5) is 0 Å². The number of nitrogens with zero attached hydrogens (tertiary/aromatic N) is 1. The summed E-state index contributed by atoms with van der Waals surface area (Å²) in [5.41, 5.74) is 5.68. The fourth-order valence-electron chi connectivity index (χ4n) is 2.09. The molecule has 0 radical (unpaired) electrons. The second-order valence-corrected chi connectivity index (χ2v) is 7.67. The Hall–Kier alpha value is -0.130. The Labute approximate surface area is 92.7 Å². The van der Waals surface area contributed by atoms with Gasteiger partial charge in [0.1, 0.15) is 0 Å². The Bertz CT molecular complexity index is 306. The summed E-state index contributed by atoms with van der Waals surface area (Å²) in [6.07, 6.45) is 0. The van der Waals surface area contributed by atoms with Crippen LogP contribution in [0.25, 0.3) is 0 Å². The van der Waals surface area contributed by atoms with Crippen LogP contribution in [0.3, 0.4) is 0 Å². The Kier molecular flexibility index (Phi) is 3.79. The first kappa shape index (κ1) is 12.9. The SMILES string of the molecule is CC1CN(CC(C)(C)N)CCS(=O)(=O)C1. The van der Waals surface area contributed by atoms with Crippen LogP contribution in [-0.2, 0) is 9.84 Å². The second kappa shape index (κ2) is 4.39. The molecule has 0 spiro atoms. The third kappa shape index (κ3) is 4.95. The number of hydrogen-bond donors (Lipinski definition) is 1. The summed E-state index contributed by atoms with van der Waals surface area (Å²) in [5, 5.41) is 0. The highest BCUT2D eigenvalue weighted by atomic mass is 32.2. The van der Waals surface area contributed by atoms with Crippen LogP contribution in [0, 0.1) is 5.92 Å². The Morgan fingerprint density at radius 1 is 1.47 bits per heavy atom. The molecular formula is C10H22N2O2S. The average Bonchev–Trinajstić information content (AvgIpc) is 2.05. The maximum atomic E-state index is 11.5. The van der Waals surface area contributed by atoms with Crippen LogP contribution in [0.5, 0.6) is 0 Å². The molecule has 4 nitrogen and oxygen atoms in total. The van der Waals surface area contributed by atoms with E-state index in [2.05, 4.69) is 4.90 Å². The molecule has 90 valence electrons. The third-order valence-electron chi connectivity index (χ3n) is 2.46. The van der Waals surface area contributed by atoms with Gasteiger partial charge >= 0.3 is 0 Å². The smallest absolute Gasteiger partial charge is 0.151 e. The number of hydrogen-bond acceptors (Lipinski definition) is 4. The lowest BCUT2D eigenvalue weighted by atomic mass is 10.1. The number of rotatable bonds is 2. The van der Waals surface area contributed by atoms with Gasteiger partial charge in [-0.15, -0.1) is 0 Å². The van der Waals surface area contributed by atoms with E-state index in [-0.39, 0.29) is 17.2 Å². The molecule has 0 amide bonds. The fraction of sp³-hybridized carbons (Fsp3) is 1.00. The van der Waals surface area contributed by atoms with Gasteiger partial charge in [-0.05, 0) is 19.8 Å². The topological polar surface area (TPSA) is 63.4 Å². The van der Waals surface area contributed by atoms with Crippen molar-refractivity contribution in [1.29, 1.82) is 0 Å². The molecular weight excluding hydrogens is 212 g/mol. The molecule has 0 aromatic heterocycles. The molecule has 0 aromatic rings. The van der Waals surface area contributed by atoms with E-state index >= 15 is 0 Å². The van der Waals surface area contributed by atoms with E-state index in [1.165, 1.54) is 0 Å². The molecule has 2 N–H and O–H groups in total. The predicted octanol–water partition coefficient (Wildman–Crippen LogP) is 0.0902. The van der Waals surface area contributed by atoms with Gasteiger partial charge in [-0.1, -0.05) is 6.92 Å². The van der Waals surface area contributed by atoms with Crippen molar-refractivity contribution in [2.24, 2.45) is 11.7 Å². The van der Waals surface area contributed by atoms with Gasteiger partial charge in [-0.3, -0.25) is 0 Å². The molecule has 15 heavy (non-hydrogen) atoms. The van der Waals surface area contributed by atoms with Crippen LogP contribution in [0.15, 0.2) is 0 Å². The summed E-state index contributed by atoms with van der Waals surface area (Å²) in [7, 11) is -2.84. The van der Waals surface area contributed by atoms with Gasteiger partial charge in [0, 0.05) is 25.2 Å². The van der Waals surface area contributed by atoms with Gasteiger partial charge in [0.2, 0.25) is 0 Å². The van der Waals surface area contributed by atoms with Crippen molar-refractivity contribution in [2.45, 2.75) is 26.3 Å². The lowest BCUT2D eigenvalue weighted by Gasteiger charge is -2.29. The normalized spacial score (nSPS) is 28.7. The molecule has 0 aliphatic carbocycles. The summed E-state index contributed by atoms with van der Waals surface area (Å²) >= 11 is 0. The van der Waals surface area contributed by atoms with Gasteiger partial charge in [-0.25, -0.2) is 8.42 Å². The molecule has 1 aliphatic heterocycles. The average molecular weight is 234 g/mol. The Balaban J connectivity index is 2.63. The first-order valence-corrected chi connectivity index (χ1v) is 7.22. The molecule has 0 saturated carbocycles. The summed E-state index contributed by atoms with van der Waals surface area (Å²) in [6.45, 7) is 8.13. The zero-order valence-corrected chi connectivity index (χ0v) is 10.7. The van der Waals surface area contributed by atoms with Crippen LogP contribution >= 0.6 is 0 Å². The molecule has 1 saturated heterocycles. The maximum absolute atomic E-state index is 11.5. The van der Waals surface area contributed by atoms with Gasteiger partial charge in [0.15, 0.2) is 9.84 Å². The number of sulfone groups is 1. The quantitative estimate of drug-likeness (QED) is 0.735. The van der Waals surface area contributed by atoms with E-state index < -0.39 is 9.84 Å². The minimum Gasteiger partial charge on any atom is -0.324 e. The van der Waals surface area contributed by atoms with Crippen LogP contribution < -0.4 is 5.73 Å². The van der Waals surface area contributed by atoms with Crippen LogP contribution in [-0.4, -0.2) is 50.0 Å². The molecule has 1 rings (SSSR count). The highest BCUT2D eigenvalue weighted by Gasteiger charge is 2.26. The molecule has 1 atom stereocenters. The van der Waals surface area contributed by atoms with E-state index in [0.717, 1.165) is 13.1 Å². The lowest BCUT2D eigenvalue weighted by Crippen LogP contribution is -2.46. The minimum absolute atomic E-state index is 0.208. The van der Waals surface area contributed by atoms with E-state index in [9.17, 15) is 8.42 Å². The van der Waals surface area contributed by atoms with Crippen LogP contribution in [0.2, 0.25) is 0 Å². The van der Waals surface area contributed by atoms with E-state index in [1.807, 2.05) is 20.8 Å². The van der Waals surface area contributed by atoms with Crippen molar-refractivity contribution >= 4 is 9.84 Å². The van der Waals surface area contributed by atoms with Gasteiger partial charge < -0.3 is 10.6 Å². The van der Waals surface area contributed by atoms with E-state index in [0.29, 0.717) is 12.3 Å². The summed E-state index contributed by atoms with van der Waals surface area (Å²) in [6, 6.07) is 0. The summed E-state index contributed by atoms with van der Waals surface area (Å²) < 4.78 is 23.1. The molecule has 1 fully saturated rings. The zero-order valence-electron chi connectivity index (χ0n) is 9.86. The first-order valence-electron chi connectivity index (χ1n) is 5.40. The first-order chi connectivity index (χ1) is 6.68. The van der Waals surface area contributed by atoms with Crippen molar-refractivity contribution in [2.75, 3.05) is 31.1 Å². The van der Waals surface area contributed by atoms with E-state index in [1.54, 1.807) is 0 Å². The maximum Gasteiger partial charge on any atom is 0.151 e. The summed E-state index contributed by atoms with van der Waals surface area (Å²) in [5.74, 6) is 0.793. The Morgan fingerprint density at radius 3 is 2.60 bits per heavy atom. The highest BCUT2D eigenvalue weighted by Crippen LogP contribution is 2.12. The lowest BCUT2D eigenvalue weighted by molar-refractivity contribution is 0.220. The van der Waals surface area contributed by atoms with Gasteiger partial charge in [0.05, 0.1) is 11.5 Å². The molecule has 0 bridgehead atoms. The minimum atomic E-state index is -2.84. The monoisotopic (exact) mass is 234 g/mol. The van der Waals surface area contributed by atoms with E-state index in [4.69, 9.17) is 5.73 Å². The standard InChI is InChI=1S/C10H22N2O2S/c1-9-6-12(8-10(2,3)11)4-5-15(13,14)7-9/h9H,4-8,11H2,1-3H3. The molecule has 0 aromatic carbocycles. The van der Waals surface area contributed by atoms with Gasteiger partial charge in [0.25, 0.3) is 0 Å². The Morgan fingerprint density at radius 2 is 2.07 bits per heavy atom. The summed E-state index contributed by atoms with van der Waals surface area (Å²) in [4.78, 5) is 2.16. The predicted molar refractivity (Wildman–Crippen MR) is 62.5 cm³/mol. The van der Waals surface area contributed by atoms with Crippen molar-refractivity contribution in [1.82, 2.24) is 4.90 Å². The number of nitrogens with two attached hydrogens (primary N) is 1. The van der Waals surface area contributed by atoms with Crippen molar-refractivity contribution < 1.29 is 8.42 Å². The molecule has 5 heteroatoms. The highest BCUT2D eigenvalue weighted by molar-refractivity contribution is 7.91. The molecule has 1 aliphatic rings. The van der Waals surface area contributed by atoms with Gasteiger partial charge in [-0.2, -0.15) is 0 Å². The van der Waals surface area contributed by atoms with Crippen molar-refractivity contribution in [3.63, 3.8) is 0 Å². The molecule has 1 heterocycles. The van der Waals surface area contributed by atoms with Crippen molar-refractivity contribution in [3.8, 4) is 0 Å². The second-order valence-electron chi connectivity index (χ2n) is 5.44. The third-order valence-corrected chi connectivity index (χ3v) is 4.34. The largest absolute Gasteiger partial charge is 0.324 e. The van der Waals surface area contributed by atoms with Crippen molar-refractivity contribution in [3.05, 3.63) is 0 Å². The molecule has 1 unspecified atom stereocenters. The fourth-order valence-corrected chi connectivity index (χ4v) is 3.77. The van der Waals surface area contributed by atoms with Crippen LogP contribution in [0.1, 0.15) is 20.8 Å².